The number of sulfone groups is 1. The first-order chi connectivity index (χ1) is 9.06. The summed E-state index contributed by atoms with van der Waals surface area (Å²) in [6.45, 7) is 7.68. The SMILES string of the molecule is CCCC(CN)(CCC)C(=O)NCC(C)(C)S(C)(=O)=O. The Morgan fingerprint density at radius 3 is 1.90 bits per heavy atom. The fourth-order valence-electron chi connectivity index (χ4n) is 2.22. The van der Waals surface area contributed by atoms with Gasteiger partial charge >= 0.3 is 0 Å². The van der Waals surface area contributed by atoms with Gasteiger partial charge in [-0.25, -0.2) is 8.42 Å². The molecule has 0 aliphatic carbocycles. The first kappa shape index (κ1) is 19.4. The molecule has 0 unspecified atom stereocenters. The number of rotatable bonds is 9. The van der Waals surface area contributed by atoms with Gasteiger partial charge in [0.15, 0.2) is 9.84 Å². The van der Waals surface area contributed by atoms with Gasteiger partial charge in [-0.3, -0.25) is 4.79 Å². The molecule has 0 saturated heterocycles. The second-order valence-corrected chi connectivity index (χ2v) is 8.85. The topological polar surface area (TPSA) is 89.3 Å². The van der Waals surface area contributed by atoms with Crippen molar-refractivity contribution < 1.29 is 13.2 Å². The second-order valence-electron chi connectivity index (χ2n) is 6.20. The van der Waals surface area contributed by atoms with Crippen LogP contribution in [0.25, 0.3) is 0 Å². The Kier molecular flexibility index (Phi) is 7.18. The molecule has 0 aromatic heterocycles. The second kappa shape index (κ2) is 7.41. The molecule has 0 aliphatic heterocycles. The molecule has 6 heteroatoms. The van der Waals surface area contributed by atoms with Gasteiger partial charge in [-0.05, 0) is 26.7 Å². The average molecular weight is 306 g/mol. The van der Waals surface area contributed by atoms with E-state index < -0.39 is 20.0 Å². The lowest BCUT2D eigenvalue weighted by molar-refractivity contribution is -0.131. The minimum absolute atomic E-state index is 0.111. The average Bonchev–Trinajstić information content (AvgIpc) is 2.34. The molecule has 20 heavy (non-hydrogen) atoms. The van der Waals surface area contributed by atoms with Crippen LogP contribution in [0.1, 0.15) is 53.4 Å². The summed E-state index contributed by atoms with van der Waals surface area (Å²) in [6.07, 6.45) is 4.39. The summed E-state index contributed by atoms with van der Waals surface area (Å²) in [5, 5.41) is 2.79. The van der Waals surface area contributed by atoms with E-state index in [1.807, 2.05) is 13.8 Å². The van der Waals surface area contributed by atoms with Gasteiger partial charge in [0.05, 0.1) is 10.2 Å². The largest absolute Gasteiger partial charge is 0.354 e. The van der Waals surface area contributed by atoms with E-state index in [4.69, 9.17) is 5.73 Å². The van der Waals surface area contributed by atoms with Crippen LogP contribution < -0.4 is 11.1 Å². The van der Waals surface area contributed by atoms with Crippen LogP contribution in [-0.2, 0) is 14.6 Å². The first-order valence-corrected chi connectivity index (χ1v) is 9.13. The smallest absolute Gasteiger partial charge is 0.227 e. The molecule has 0 rings (SSSR count). The molecule has 0 heterocycles. The summed E-state index contributed by atoms with van der Waals surface area (Å²) in [6, 6.07) is 0. The minimum Gasteiger partial charge on any atom is -0.354 e. The zero-order valence-electron chi connectivity index (χ0n) is 13.5. The molecule has 5 nitrogen and oxygen atoms in total. The van der Waals surface area contributed by atoms with Crippen LogP contribution in [0.4, 0.5) is 0 Å². The molecule has 0 aliphatic rings. The van der Waals surface area contributed by atoms with Crippen molar-refractivity contribution in [2.45, 2.75) is 58.1 Å². The highest BCUT2D eigenvalue weighted by atomic mass is 32.2. The van der Waals surface area contributed by atoms with E-state index in [1.165, 1.54) is 6.26 Å². The Morgan fingerprint density at radius 1 is 1.15 bits per heavy atom. The Hall–Kier alpha value is -0.620. The standard InChI is InChI=1S/C14H30N2O3S/c1-6-8-14(10-15,9-7-2)12(17)16-11-13(3,4)20(5,18)19/h6-11,15H2,1-5H3,(H,16,17). The number of amides is 1. The zero-order valence-corrected chi connectivity index (χ0v) is 14.3. The molecular weight excluding hydrogens is 276 g/mol. The number of carbonyl (C=O) groups excluding carboxylic acids is 1. The number of nitrogens with two attached hydrogens (primary N) is 1. The van der Waals surface area contributed by atoms with Gasteiger partial charge in [0.25, 0.3) is 0 Å². The van der Waals surface area contributed by atoms with Crippen molar-refractivity contribution >= 4 is 15.7 Å². The first-order valence-electron chi connectivity index (χ1n) is 7.24. The van der Waals surface area contributed by atoms with Gasteiger partial charge in [0.1, 0.15) is 0 Å². The predicted molar refractivity (Wildman–Crippen MR) is 83.2 cm³/mol. The van der Waals surface area contributed by atoms with Gasteiger partial charge in [-0.15, -0.1) is 0 Å². The summed E-state index contributed by atoms with van der Waals surface area (Å²) < 4.78 is 22.3. The summed E-state index contributed by atoms with van der Waals surface area (Å²) in [5.41, 5.74) is 5.25. The molecule has 3 N–H and O–H groups in total. The van der Waals surface area contributed by atoms with Crippen LogP contribution in [-0.4, -0.2) is 38.4 Å². The Labute approximate surface area is 123 Å². The van der Waals surface area contributed by atoms with E-state index in [-0.39, 0.29) is 12.5 Å². The lowest BCUT2D eigenvalue weighted by Gasteiger charge is -2.32. The maximum Gasteiger partial charge on any atom is 0.227 e. The summed E-state index contributed by atoms with van der Waals surface area (Å²) >= 11 is 0. The lowest BCUT2D eigenvalue weighted by atomic mass is 9.78. The zero-order chi connectivity index (χ0) is 16.0. The van der Waals surface area contributed by atoms with E-state index in [0.29, 0.717) is 6.54 Å². The third kappa shape index (κ3) is 4.74. The number of nitrogens with one attached hydrogen (secondary N) is 1. The predicted octanol–water partition coefficient (Wildman–Crippen LogP) is 1.47. The van der Waals surface area contributed by atoms with E-state index in [2.05, 4.69) is 5.32 Å². The molecule has 1 amide bonds. The van der Waals surface area contributed by atoms with E-state index >= 15 is 0 Å². The van der Waals surface area contributed by atoms with Crippen molar-refractivity contribution in [2.75, 3.05) is 19.3 Å². The summed E-state index contributed by atoms with van der Waals surface area (Å²) in [4.78, 5) is 12.5. The van der Waals surface area contributed by atoms with Crippen molar-refractivity contribution in [1.29, 1.82) is 0 Å². The monoisotopic (exact) mass is 306 g/mol. The van der Waals surface area contributed by atoms with Gasteiger partial charge in [-0.1, -0.05) is 26.7 Å². The molecule has 0 radical (unpaired) electrons. The minimum atomic E-state index is -3.22. The van der Waals surface area contributed by atoms with Crippen molar-refractivity contribution in [3.63, 3.8) is 0 Å². The third-order valence-electron chi connectivity index (χ3n) is 4.01. The van der Waals surface area contributed by atoms with Gasteiger partial charge in [0, 0.05) is 19.3 Å². The fraction of sp³-hybridized carbons (Fsp3) is 0.929. The maximum absolute atomic E-state index is 12.5. The molecule has 120 valence electrons. The summed E-state index contributed by atoms with van der Waals surface area (Å²) in [5.74, 6) is -0.125. The van der Waals surface area contributed by atoms with Crippen molar-refractivity contribution in [3.8, 4) is 0 Å². The van der Waals surface area contributed by atoms with Crippen LogP contribution in [0.2, 0.25) is 0 Å². The van der Waals surface area contributed by atoms with Gasteiger partial charge in [-0.2, -0.15) is 0 Å². The summed E-state index contributed by atoms with van der Waals surface area (Å²) in [7, 11) is -3.22. The van der Waals surface area contributed by atoms with Crippen molar-refractivity contribution in [2.24, 2.45) is 11.1 Å². The van der Waals surface area contributed by atoms with E-state index in [9.17, 15) is 13.2 Å². The molecule has 0 aromatic carbocycles. The Balaban J connectivity index is 4.95. The van der Waals surface area contributed by atoms with Crippen LogP contribution in [0.3, 0.4) is 0 Å². The van der Waals surface area contributed by atoms with Crippen LogP contribution in [0.5, 0.6) is 0 Å². The quantitative estimate of drug-likeness (QED) is 0.675. The molecule has 0 atom stereocenters. The third-order valence-corrected chi connectivity index (χ3v) is 6.16. The van der Waals surface area contributed by atoms with Gasteiger partial charge in [0.2, 0.25) is 5.91 Å². The molecule has 0 aromatic rings. The molecule has 0 saturated carbocycles. The molecular formula is C14H30N2O3S. The highest BCUT2D eigenvalue weighted by Crippen LogP contribution is 2.29. The number of hydrogen-bond acceptors (Lipinski definition) is 4. The van der Waals surface area contributed by atoms with Crippen LogP contribution in [0.15, 0.2) is 0 Å². The highest BCUT2D eigenvalue weighted by molar-refractivity contribution is 7.92. The maximum atomic E-state index is 12.5. The number of carbonyl (C=O) groups is 1. The molecule has 0 spiro atoms. The molecule has 0 fully saturated rings. The van der Waals surface area contributed by atoms with E-state index in [1.54, 1.807) is 13.8 Å². The van der Waals surface area contributed by atoms with Crippen LogP contribution in [0, 0.1) is 5.41 Å². The number of hydrogen-bond donors (Lipinski definition) is 2. The highest BCUT2D eigenvalue weighted by Gasteiger charge is 2.37. The van der Waals surface area contributed by atoms with Gasteiger partial charge < -0.3 is 11.1 Å². The fourth-order valence-corrected chi connectivity index (χ4v) is 2.55. The molecule has 0 bridgehead atoms. The lowest BCUT2D eigenvalue weighted by Crippen LogP contribution is -2.51. The Morgan fingerprint density at radius 2 is 1.60 bits per heavy atom. The van der Waals surface area contributed by atoms with Crippen molar-refractivity contribution in [1.82, 2.24) is 5.32 Å². The van der Waals surface area contributed by atoms with E-state index in [0.717, 1.165) is 25.7 Å². The van der Waals surface area contributed by atoms with Crippen molar-refractivity contribution in [3.05, 3.63) is 0 Å². The Bertz CT molecular complexity index is 410. The normalized spacial score (nSPS) is 13.3. The van der Waals surface area contributed by atoms with Crippen LogP contribution >= 0.6 is 0 Å².